The fourth-order valence-corrected chi connectivity index (χ4v) is 3.95. The van der Waals surface area contributed by atoms with E-state index >= 15 is 0 Å². The van der Waals surface area contributed by atoms with E-state index in [1.54, 1.807) is 18.9 Å². The van der Waals surface area contributed by atoms with Gasteiger partial charge in [0.1, 0.15) is 11.1 Å². The number of carbonyl (C=O) groups is 1. The Balaban J connectivity index is 1.92. The number of carbonyl (C=O) groups excluding carboxylic acids is 1. The van der Waals surface area contributed by atoms with Gasteiger partial charge in [-0.05, 0) is 24.3 Å². The van der Waals surface area contributed by atoms with E-state index in [0.29, 0.717) is 11.3 Å². The highest BCUT2D eigenvalue weighted by Gasteiger charge is 2.33. The molecule has 0 bridgehead atoms. The number of aromatic nitrogens is 1. The number of hydrogen-bond acceptors (Lipinski definition) is 3. The number of ether oxygens (including phenoxy) is 1. The average molecular weight is 302 g/mol. The monoisotopic (exact) mass is 302 g/mol. The molecule has 2 aromatic rings. The van der Waals surface area contributed by atoms with Crippen LogP contribution in [0, 0.1) is 0 Å². The van der Waals surface area contributed by atoms with Crippen molar-refractivity contribution in [1.29, 1.82) is 0 Å². The van der Waals surface area contributed by atoms with Crippen LogP contribution in [0.3, 0.4) is 0 Å². The average Bonchev–Trinajstić information content (AvgIpc) is 3.14. The molecule has 4 nitrogen and oxygen atoms in total. The number of benzene rings is 1. The van der Waals surface area contributed by atoms with Crippen molar-refractivity contribution in [2.24, 2.45) is 7.05 Å². The van der Waals surface area contributed by atoms with Crippen LogP contribution < -0.4 is 4.74 Å². The molecule has 1 atom stereocenters. The van der Waals surface area contributed by atoms with Crippen molar-refractivity contribution in [3.8, 4) is 5.75 Å². The van der Waals surface area contributed by atoms with Crippen LogP contribution in [0.15, 0.2) is 42.6 Å². The number of hydrogen-bond donors (Lipinski definition) is 0. The molecular formula is C16H18N2O2S. The Morgan fingerprint density at radius 1 is 1.29 bits per heavy atom. The molecule has 5 heteroatoms. The first-order valence-corrected chi connectivity index (χ1v) is 7.94. The highest BCUT2D eigenvalue weighted by Crippen LogP contribution is 2.39. The molecule has 0 aliphatic carbocycles. The minimum absolute atomic E-state index is 0.0312. The molecule has 1 fully saturated rings. The van der Waals surface area contributed by atoms with Gasteiger partial charge in [-0.25, -0.2) is 0 Å². The van der Waals surface area contributed by atoms with Gasteiger partial charge in [-0.15, -0.1) is 11.8 Å². The Hall–Kier alpha value is -1.88. The summed E-state index contributed by atoms with van der Waals surface area (Å²) in [5.41, 5.74) is 1.78. The Morgan fingerprint density at radius 3 is 2.81 bits per heavy atom. The summed E-state index contributed by atoms with van der Waals surface area (Å²) in [6, 6.07) is 11.5. The van der Waals surface area contributed by atoms with E-state index < -0.39 is 0 Å². The number of rotatable bonds is 3. The van der Waals surface area contributed by atoms with Gasteiger partial charge in [0.25, 0.3) is 5.91 Å². The molecule has 1 aromatic heterocycles. The summed E-state index contributed by atoms with van der Waals surface area (Å²) >= 11 is 1.80. The zero-order valence-electron chi connectivity index (χ0n) is 12.2. The Kier molecular flexibility index (Phi) is 3.92. The molecule has 110 valence electrons. The minimum Gasteiger partial charge on any atom is -0.496 e. The van der Waals surface area contributed by atoms with Gasteiger partial charge in [-0.2, -0.15) is 0 Å². The molecule has 0 radical (unpaired) electrons. The highest BCUT2D eigenvalue weighted by atomic mass is 32.2. The lowest BCUT2D eigenvalue weighted by atomic mass is 10.1. The molecule has 1 aromatic carbocycles. The molecular weight excluding hydrogens is 284 g/mol. The maximum atomic E-state index is 12.9. The smallest absolute Gasteiger partial charge is 0.258 e. The van der Waals surface area contributed by atoms with E-state index in [1.807, 2.05) is 48.5 Å². The van der Waals surface area contributed by atoms with Gasteiger partial charge in [-0.1, -0.05) is 12.1 Å². The molecule has 0 N–H and O–H groups in total. The van der Waals surface area contributed by atoms with Crippen molar-refractivity contribution in [3.63, 3.8) is 0 Å². The predicted octanol–water partition coefficient (Wildman–Crippen LogP) is 2.92. The van der Waals surface area contributed by atoms with Crippen LogP contribution in [0.25, 0.3) is 0 Å². The highest BCUT2D eigenvalue weighted by molar-refractivity contribution is 7.99. The van der Waals surface area contributed by atoms with Crippen molar-refractivity contribution >= 4 is 17.7 Å². The summed E-state index contributed by atoms with van der Waals surface area (Å²) in [6.07, 6.45) is 2.01. The third kappa shape index (κ3) is 2.53. The lowest BCUT2D eigenvalue weighted by Gasteiger charge is -2.25. The second kappa shape index (κ2) is 5.85. The number of methoxy groups -OCH3 is 1. The van der Waals surface area contributed by atoms with E-state index in [4.69, 9.17) is 4.74 Å². The van der Waals surface area contributed by atoms with Crippen LogP contribution in [0.1, 0.15) is 21.4 Å². The van der Waals surface area contributed by atoms with E-state index in [0.717, 1.165) is 18.0 Å². The third-order valence-corrected chi connectivity index (χ3v) is 4.96. The quantitative estimate of drug-likeness (QED) is 0.874. The molecule has 3 rings (SSSR count). The fourth-order valence-electron chi connectivity index (χ4n) is 2.63. The van der Waals surface area contributed by atoms with E-state index in [9.17, 15) is 4.79 Å². The summed E-state index contributed by atoms with van der Waals surface area (Å²) in [5, 5.41) is 0.0717. The zero-order valence-corrected chi connectivity index (χ0v) is 13.0. The van der Waals surface area contributed by atoms with Crippen molar-refractivity contribution in [1.82, 2.24) is 9.47 Å². The lowest BCUT2D eigenvalue weighted by molar-refractivity contribution is 0.0754. The van der Waals surface area contributed by atoms with Gasteiger partial charge in [0.15, 0.2) is 0 Å². The van der Waals surface area contributed by atoms with Crippen LogP contribution >= 0.6 is 11.8 Å². The molecule has 1 amide bonds. The van der Waals surface area contributed by atoms with Gasteiger partial charge in [-0.3, -0.25) is 4.79 Å². The maximum Gasteiger partial charge on any atom is 0.258 e. The molecule has 0 saturated carbocycles. The van der Waals surface area contributed by atoms with Gasteiger partial charge >= 0.3 is 0 Å². The van der Waals surface area contributed by atoms with Crippen molar-refractivity contribution in [3.05, 3.63) is 53.9 Å². The molecule has 0 spiro atoms. The molecule has 1 aliphatic heterocycles. The first kappa shape index (κ1) is 14.1. The lowest BCUT2D eigenvalue weighted by Crippen LogP contribution is -2.31. The van der Waals surface area contributed by atoms with Gasteiger partial charge < -0.3 is 14.2 Å². The van der Waals surface area contributed by atoms with E-state index in [1.165, 1.54) is 0 Å². The number of amides is 1. The van der Waals surface area contributed by atoms with Crippen LogP contribution in [-0.2, 0) is 7.05 Å². The second-order valence-corrected chi connectivity index (χ2v) is 6.15. The molecule has 1 aliphatic rings. The van der Waals surface area contributed by atoms with Crippen LogP contribution in [0.2, 0.25) is 0 Å². The van der Waals surface area contributed by atoms with Crippen LogP contribution in [0.5, 0.6) is 5.75 Å². The summed E-state index contributed by atoms with van der Waals surface area (Å²) in [6.45, 7) is 0.761. The summed E-state index contributed by atoms with van der Waals surface area (Å²) in [5.74, 6) is 1.62. The molecule has 1 saturated heterocycles. The fraction of sp³-hybridized carbons (Fsp3) is 0.312. The van der Waals surface area contributed by atoms with E-state index in [-0.39, 0.29) is 11.3 Å². The Labute approximate surface area is 128 Å². The number of thioether (sulfide) groups is 1. The molecule has 2 heterocycles. The van der Waals surface area contributed by atoms with Crippen molar-refractivity contribution in [2.45, 2.75) is 5.37 Å². The predicted molar refractivity (Wildman–Crippen MR) is 84.6 cm³/mol. The summed E-state index contributed by atoms with van der Waals surface area (Å²) in [4.78, 5) is 14.8. The zero-order chi connectivity index (χ0) is 14.8. The Bertz CT molecular complexity index is 653. The topological polar surface area (TPSA) is 34.5 Å². The van der Waals surface area contributed by atoms with E-state index in [2.05, 4.69) is 10.6 Å². The van der Waals surface area contributed by atoms with Crippen LogP contribution in [0.4, 0.5) is 0 Å². The van der Waals surface area contributed by atoms with Gasteiger partial charge in [0.05, 0.1) is 18.4 Å². The van der Waals surface area contributed by atoms with Crippen molar-refractivity contribution in [2.75, 3.05) is 19.4 Å². The minimum atomic E-state index is 0.0312. The van der Waals surface area contributed by atoms with Gasteiger partial charge in [0.2, 0.25) is 0 Å². The van der Waals surface area contributed by atoms with Crippen LogP contribution in [-0.4, -0.2) is 34.8 Å². The summed E-state index contributed by atoms with van der Waals surface area (Å²) in [7, 11) is 3.61. The standard InChI is InChI=1S/C16H18N2O2S/c1-17-9-5-7-13(17)16-18(10-11-21-16)15(19)12-6-3-4-8-14(12)20-2/h3-9,16H,10-11H2,1-2H3/t16-/m1/s1. The normalized spacial score (nSPS) is 18.0. The molecule has 21 heavy (non-hydrogen) atoms. The Morgan fingerprint density at radius 2 is 2.10 bits per heavy atom. The maximum absolute atomic E-state index is 12.9. The number of para-hydroxylation sites is 1. The van der Waals surface area contributed by atoms with Crippen molar-refractivity contribution < 1.29 is 9.53 Å². The second-order valence-electron chi connectivity index (χ2n) is 4.97. The number of nitrogens with zero attached hydrogens (tertiary/aromatic N) is 2. The largest absolute Gasteiger partial charge is 0.496 e. The van der Waals surface area contributed by atoms with Gasteiger partial charge in [0, 0.05) is 25.5 Å². The third-order valence-electron chi connectivity index (χ3n) is 3.73. The molecule has 0 unspecified atom stereocenters. The first-order chi connectivity index (χ1) is 10.2. The number of aryl methyl sites for hydroxylation is 1. The SMILES string of the molecule is COc1ccccc1C(=O)N1CCS[C@@H]1c1cccn1C. The first-order valence-electron chi connectivity index (χ1n) is 6.89. The summed E-state index contributed by atoms with van der Waals surface area (Å²) < 4.78 is 7.39.